The number of nitrogens with one attached hydrogen (secondary N) is 3. The van der Waals surface area contributed by atoms with E-state index in [-0.39, 0.29) is 24.2 Å². The van der Waals surface area contributed by atoms with E-state index in [1.54, 1.807) is 20.8 Å². The third kappa shape index (κ3) is 11.8. The number of amides is 3. The molecular weight excluding hydrogens is 438 g/mol. The van der Waals surface area contributed by atoms with E-state index >= 15 is 0 Å². The fourth-order valence-electron chi connectivity index (χ4n) is 3.44. The van der Waals surface area contributed by atoms with E-state index in [9.17, 15) is 24.3 Å². The standard InChI is InChI=1S/C25H47N3O6/c1-10-16(5)20(22(31)26-18(14-15(3)4)19(30)12-13-29)27-23(32)21(17(6)11-2)28-24(33)34-25(7,8)9/h13,15-21,30H,10-12,14H2,1-9H3,(H,26,31)(H,27,32)(H,28,33)/t16-,17-,18-,19-,20-,21-/m0/s1. The number of carbonyl (C=O) groups excluding carboxylic acids is 4. The Morgan fingerprint density at radius 2 is 1.35 bits per heavy atom. The van der Waals surface area contributed by atoms with Crippen LogP contribution in [0, 0.1) is 17.8 Å². The van der Waals surface area contributed by atoms with Crippen molar-refractivity contribution in [2.45, 2.75) is 118 Å². The third-order valence-electron chi connectivity index (χ3n) is 5.82. The second kappa shape index (κ2) is 15.0. The molecule has 0 aromatic carbocycles. The van der Waals surface area contributed by atoms with E-state index in [2.05, 4.69) is 16.0 Å². The van der Waals surface area contributed by atoms with Crippen molar-refractivity contribution >= 4 is 24.2 Å². The molecule has 3 amide bonds. The summed E-state index contributed by atoms with van der Waals surface area (Å²) in [5, 5.41) is 18.6. The number of rotatable bonds is 14. The van der Waals surface area contributed by atoms with Gasteiger partial charge in [0, 0.05) is 6.42 Å². The van der Waals surface area contributed by atoms with Gasteiger partial charge >= 0.3 is 6.09 Å². The van der Waals surface area contributed by atoms with E-state index in [0.29, 0.717) is 25.5 Å². The van der Waals surface area contributed by atoms with Gasteiger partial charge in [-0.2, -0.15) is 0 Å². The van der Waals surface area contributed by atoms with Gasteiger partial charge in [-0.3, -0.25) is 9.59 Å². The molecule has 0 bridgehead atoms. The normalized spacial score (nSPS) is 17.0. The van der Waals surface area contributed by atoms with E-state index in [1.165, 1.54) is 0 Å². The van der Waals surface area contributed by atoms with Gasteiger partial charge in [-0.15, -0.1) is 0 Å². The summed E-state index contributed by atoms with van der Waals surface area (Å²) in [5.74, 6) is -1.13. The predicted molar refractivity (Wildman–Crippen MR) is 132 cm³/mol. The van der Waals surface area contributed by atoms with Crippen LogP contribution in [0.25, 0.3) is 0 Å². The SMILES string of the molecule is CC[C@H](C)[C@H](NC(=O)OC(C)(C)C)C(=O)N[C@H](C(=O)N[C@@H](CC(C)C)[C@@H](O)CC=O)[C@@H](C)CC. The van der Waals surface area contributed by atoms with Crippen LogP contribution in [0.4, 0.5) is 4.79 Å². The lowest BCUT2D eigenvalue weighted by Gasteiger charge is -2.31. The van der Waals surface area contributed by atoms with E-state index < -0.39 is 47.7 Å². The molecule has 0 aliphatic carbocycles. The Hall–Kier alpha value is -2.16. The Kier molecular flexibility index (Phi) is 14.0. The molecule has 0 rings (SSSR count). The van der Waals surface area contributed by atoms with Gasteiger partial charge in [0.15, 0.2) is 0 Å². The van der Waals surface area contributed by atoms with Crippen LogP contribution < -0.4 is 16.0 Å². The van der Waals surface area contributed by atoms with Gasteiger partial charge in [0.1, 0.15) is 24.0 Å². The Morgan fingerprint density at radius 1 is 0.882 bits per heavy atom. The second-order valence-corrected chi connectivity index (χ2v) is 10.6. The summed E-state index contributed by atoms with van der Waals surface area (Å²) in [6, 6.07) is -2.37. The third-order valence-corrected chi connectivity index (χ3v) is 5.82. The highest BCUT2D eigenvalue weighted by molar-refractivity contribution is 5.91. The molecule has 0 unspecified atom stereocenters. The molecule has 0 aliphatic heterocycles. The average Bonchev–Trinajstić information content (AvgIpc) is 2.72. The number of hydrogen-bond donors (Lipinski definition) is 4. The zero-order valence-corrected chi connectivity index (χ0v) is 22.4. The molecule has 9 heteroatoms. The number of hydrogen-bond acceptors (Lipinski definition) is 6. The highest BCUT2D eigenvalue weighted by atomic mass is 16.6. The number of ether oxygens (including phenoxy) is 1. The molecule has 0 fully saturated rings. The summed E-state index contributed by atoms with van der Waals surface area (Å²) >= 11 is 0. The Labute approximate surface area is 205 Å². The van der Waals surface area contributed by atoms with Crippen molar-refractivity contribution < 1.29 is 29.0 Å². The molecule has 0 aromatic rings. The molecule has 0 radical (unpaired) electrons. The topological polar surface area (TPSA) is 134 Å². The summed E-state index contributed by atoms with van der Waals surface area (Å²) in [6.45, 7) is 16.6. The number of alkyl carbamates (subject to hydrolysis) is 1. The summed E-state index contributed by atoms with van der Waals surface area (Å²) in [7, 11) is 0. The molecule has 0 spiro atoms. The molecule has 0 saturated carbocycles. The van der Waals surface area contributed by atoms with Gasteiger partial charge < -0.3 is 30.6 Å². The van der Waals surface area contributed by atoms with Crippen LogP contribution in [0.1, 0.15) is 88.0 Å². The van der Waals surface area contributed by atoms with Gasteiger partial charge in [0.25, 0.3) is 0 Å². The Balaban J connectivity index is 5.67. The minimum Gasteiger partial charge on any atom is -0.444 e. The molecule has 9 nitrogen and oxygen atoms in total. The maximum Gasteiger partial charge on any atom is 0.408 e. The van der Waals surface area contributed by atoms with Crippen molar-refractivity contribution in [3.05, 3.63) is 0 Å². The number of aliphatic hydroxyl groups excluding tert-OH is 1. The maximum atomic E-state index is 13.2. The Morgan fingerprint density at radius 3 is 1.76 bits per heavy atom. The fourth-order valence-corrected chi connectivity index (χ4v) is 3.44. The van der Waals surface area contributed by atoms with Crippen LogP contribution in [-0.2, 0) is 19.1 Å². The lowest BCUT2D eigenvalue weighted by molar-refractivity contribution is -0.133. The molecular formula is C25H47N3O6. The highest BCUT2D eigenvalue weighted by Gasteiger charge is 2.34. The second-order valence-electron chi connectivity index (χ2n) is 10.6. The fraction of sp³-hybridized carbons (Fsp3) is 0.840. The number of aldehydes is 1. The zero-order valence-electron chi connectivity index (χ0n) is 22.4. The lowest BCUT2D eigenvalue weighted by Crippen LogP contribution is -2.59. The first-order chi connectivity index (χ1) is 15.7. The molecule has 0 heterocycles. The maximum absolute atomic E-state index is 13.2. The van der Waals surface area contributed by atoms with Gasteiger partial charge in [-0.05, 0) is 44.9 Å². The van der Waals surface area contributed by atoms with Crippen molar-refractivity contribution in [1.29, 1.82) is 0 Å². The predicted octanol–water partition coefficient (Wildman–Crippen LogP) is 2.94. The van der Waals surface area contributed by atoms with Crippen LogP contribution >= 0.6 is 0 Å². The summed E-state index contributed by atoms with van der Waals surface area (Å²) in [5.41, 5.74) is -0.715. The first kappa shape index (κ1) is 31.8. The largest absolute Gasteiger partial charge is 0.444 e. The van der Waals surface area contributed by atoms with Crippen molar-refractivity contribution in [1.82, 2.24) is 16.0 Å². The van der Waals surface area contributed by atoms with E-state index in [1.807, 2.05) is 41.5 Å². The summed E-state index contributed by atoms with van der Waals surface area (Å²) in [4.78, 5) is 49.7. The van der Waals surface area contributed by atoms with Crippen molar-refractivity contribution in [2.75, 3.05) is 0 Å². The van der Waals surface area contributed by atoms with Crippen LogP contribution in [0.5, 0.6) is 0 Å². The number of carbonyl (C=O) groups is 4. The van der Waals surface area contributed by atoms with Crippen molar-refractivity contribution in [3.63, 3.8) is 0 Å². The van der Waals surface area contributed by atoms with E-state index in [4.69, 9.17) is 4.74 Å². The number of aliphatic hydroxyl groups is 1. The first-order valence-electron chi connectivity index (χ1n) is 12.4. The average molecular weight is 486 g/mol. The smallest absolute Gasteiger partial charge is 0.408 e. The first-order valence-corrected chi connectivity index (χ1v) is 12.4. The summed E-state index contributed by atoms with van der Waals surface area (Å²) in [6.07, 6.45) is 0.549. The molecule has 6 atom stereocenters. The lowest BCUT2D eigenvalue weighted by atomic mass is 9.93. The van der Waals surface area contributed by atoms with Gasteiger partial charge in [0.05, 0.1) is 12.1 Å². The van der Waals surface area contributed by atoms with Crippen LogP contribution in [0.2, 0.25) is 0 Å². The summed E-state index contributed by atoms with van der Waals surface area (Å²) < 4.78 is 5.31. The quantitative estimate of drug-likeness (QED) is 0.280. The van der Waals surface area contributed by atoms with Crippen molar-refractivity contribution in [3.8, 4) is 0 Å². The Bertz CT molecular complexity index is 662. The molecule has 34 heavy (non-hydrogen) atoms. The monoisotopic (exact) mass is 485 g/mol. The van der Waals surface area contributed by atoms with Gasteiger partial charge in [-0.1, -0.05) is 54.4 Å². The highest BCUT2D eigenvalue weighted by Crippen LogP contribution is 2.16. The van der Waals surface area contributed by atoms with E-state index in [0.717, 1.165) is 0 Å². The van der Waals surface area contributed by atoms with Crippen molar-refractivity contribution in [2.24, 2.45) is 17.8 Å². The van der Waals surface area contributed by atoms with Gasteiger partial charge in [-0.25, -0.2) is 4.79 Å². The van der Waals surface area contributed by atoms with Gasteiger partial charge in [0.2, 0.25) is 11.8 Å². The minimum atomic E-state index is -1.01. The molecule has 4 N–H and O–H groups in total. The van der Waals surface area contributed by atoms with Crippen LogP contribution in [-0.4, -0.2) is 59.1 Å². The van der Waals surface area contributed by atoms with Crippen LogP contribution in [0.15, 0.2) is 0 Å². The molecule has 198 valence electrons. The minimum absolute atomic E-state index is 0.0894. The molecule has 0 saturated heterocycles. The van der Waals surface area contributed by atoms with Crippen LogP contribution in [0.3, 0.4) is 0 Å². The zero-order chi connectivity index (χ0) is 26.6. The molecule has 0 aliphatic rings. The molecule has 0 aromatic heterocycles.